The number of nitrogens with zero attached hydrogens (tertiary/aromatic N) is 3. The van der Waals surface area contributed by atoms with Crippen molar-refractivity contribution < 1.29 is 18.0 Å². The van der Waals surface area contributed by atoms with Gasteiger partial charge in [0.25, 0.3) is 0 Å². The molecule has 0 atom stereocenters. The number of nitriles is 1. The molecular formula is C23H19F3N4OS2. The van der Waals surface area contributed by atoms with Crippen molar-refractivity contribution in [2.75, 3.05) is 11.1 Å². The van der Waals surface area contributed by atoms with E-state index in [0.29, 0.717) is 16.1 Å². The number of aryl methyl sites for hydroxylation is 2. The highest BCUT2D eigenvalue weighted by atomic mass is 32.2. The van der Waals surface area contributed by atoms with Gasteiger partial charge in [-0.1, -0.05) is 41.6 Å². The van der Waals surface area contributed by atoms with E-state index in [9.17, 15) is 23.2 Å². The number of alkyl halides is 3. The third kappa shape index (κ3) is 5.37. The maximum atomic E-state index is 13.4. The van der Waals surface area contributed by atoms with Gasteiger partial charge in [0.05, 0.1) is 17.0 Å². The Morgan fingerprint density at radius 1 is 1.21 bits per heavy atom. The molecule has 33 heavy (non-hydrogen) atoms. The van der Waals surface area contributed by atoms with Crippen molar-refractivity contribution in [2.45, 2.75) is 43.9 Å². The van der Waals surface area contributed by atoms with Crippen LogP contribution in [0.5, 0.6) is 0 Å². The molecule has 170 valence electrons. The molecule has 1 amide bonds. The molecule has 1 aromatic carbocycles. The molecule has 0 saturated carbocycles. The molecule has 3 aromatic rings. The Hall–Kier alpha value is -2.90. The largest absolute Gasteiger partial charge is 0.433 e. The highest BCUT2D eigenvalue weighted by Gasteiger charge is 2.34. The summed E-state index contributed by atoms with van der Waals surface area (Å²) >= 11 is 2.23. The summed E-state index contributed by atoms with van der Waals surface area (Å²) in [5.41, 5.74) is 2.07. The lowest BCUT2D eigenvalue weighted by Gasteiger charge is -2.11. The van der Waals surface area contributed by atoms with Crippen LogP contribution in [0.4, 0.5) is 18.2 Å². The van der Waals surface area contributed by atoms with Crippen LogP contribution in [0.25, 0.3) is 11.3 Å². The van der Waals surface area contributed by atoms with Crippen LogP contribution in [-0.4, -0.2) is 21.6 Å². The smallest absolute Gasteiger partial charge is 0.316 e. The van der Waals surface area contributed by atoms with Crippen molar-refractivity contribution in [1.29, 1.82) is 5.26 Å². The summed E-state index contributed by atoms with van der Waals surface area (Å²) in [7, 11) is 0. The lowest BCUT2D eigenvalue weighted by atomic mass is 9.96. The molecular weight excluding hydrogens is 469 g/mol. The van der Waals surface area contributed by atoms with Gasteiger partial charge in [0.2, 0.25) is 5.91 Å². The Balaban J connectivity index is 1.52. The van der Waals surface area contributed by atoms with Gasteiger partial charge < -0.3 is 5.32 Å². The molecule has 2 heterocycles. The number of halogens is 3. The first-order valence-corrected chi connectivity index (χ1v) is 12.1. The fraction of sp³-hybridized carbons (Fsp3) is 0.304. The molecule has 0 spiro atoms. The molecule has 0 saturated heterocycles. The molecule has 4 rings (SSSR count). The Kier molecular flexibility index (Phi) is 6.72. The second-order valence-corrected chi connectivity index (χ2v) is 9.70. The average molecular weight is 489 g/mol. The van der Waals surface area contributed by atoms with Crippen LogP contribution >= 0.6 is 23.1 Å². The predicted octanol–water partition coefficient (Wildman–Crippen LogP) is 6.01. The van der Waals surface area contributed by atoms with Gasteiger partial charge in [-0.25, -0.2) is 9.97 Å². The number of benzene rings is 1. The fourth-order valence-electron chi connectivity index (χ4n) is 3.57. The first-order chi connectivity index (χ1) is 15.7. The molecule has 0 unspecified atom stereocenters. The molecule has 1 aliphatic rings. The topological polar surface area (TPSA) is 78.7 Å². The summed E-state index contributed by atoms with van der Waals surface area (Å²) in [6, 6.07) is 10.1. The molecule has 0 fully saturated rings. The number of hydrogen-bond donors (Lipinski definition) is 1. The van der Waals surface area contributed by atoms with E-state index in [1.54, 1.807) is 24.3 Å². The Labute approximate surface area is 197 Å². The molecule has 0 bridgehead atoms. The first-order valence-electron chi connectivity index (χ1n) is 10.2. The highest BCUT2D eigenvalue weighted by Crippen LogP contribution is 2.38. The number of anilines is 1. The van der Waals surface area contributed by atoms with Gasteiger partial charge in [-0.2, -0.15) is 18.4 Å². The average Bonchev–Trinajstić information content (AvgIpc) is 3.14. The quantitative estimate of drug-likeness (QED) is 0.351. The predicted molar refractivity (Wildman–Crippen MR) is 122 cm³/mol. The van der Waals surface area contributed by atoms with E-state index in [2.05, 4.69) is 21.4 Å². The number of carbonyl (C=O) groups excluding carboxylic acids is 1. The Bertz CT molecular complexity index is 1230. The number of nitrogens with one attached hydrogen (secondary N) is 1. The van der Waals surface area contributed by atoms with E-state index in [-0.39, 0.29) is 16.6 Å². The maximum absolute atomic E-state index is 13.4. The zero-order chi connectivity index (χ0) is 23.6. The van der Waals surface area contributed by atoms with Gasteiger partial charge in [0, 0.05) is 10.4 Å². The van der Waals surface area contributed by atoms with E-state index < -0.39 is 17.8 Å². The number of fused-ring (bicyclic) bond motifs is 1. The molecule has 0 aliphatic heterocycles. The van der Waals surface area contributed by atoms with Crippen molar-refractivity contribution in [1.82, 2.24) is 9.97 Å². The van der Waals surface area contributed by atoms with Gasteiger partial charge in [0.1, 0.15) is 16.8 Å². The van der Waals surface area contributed by atoms with Crippen LogP contribution < -0.4 is 5.32 Å². The SMILES string of the molecule is Cc1ccc(-c2cc(C(F)(F)F)nc(SCC(=O)Nc3sc4c(c3C#N)CCCC4)n2)cc1. The minimum absolute atomic E-state index is 0.137. The zero-order valence-corrected chi connectivity index (χ0v) is 19.3. The van der Waals surface area contributed by atoms with E-state index in [1.807, 2.05) is 6.92 Å². The maximum Gasteiger partial charge on any atom is 0.433 e. The van der Waals surface area contributed by atoms with Crippen molar-refractivity contribution in [2.24, 2.45) is 0 Å². The zero-order valence-electron chi connectivity index (χ0n) is 17.6. The molecule has 5 nitrogen and oxygen atoms in total. The standard InChI is InChI=1S/C23H19F3N4OS2/c1-13-6-8-14(9-7-13)17-10-19(23(24,25)26)29-22(28-17)32-12-20(31)30-21-16(11-27)15-4-2-3-5-18(15)33-21/h6-10H,2-5,12H2,1H3,(H,30,31). The van der Waals surface area contributed by atoms with E-state index >= 15 is 0 Å². The van der Waals surface area contributed by atoms with Gasteiger partial charge >= 0.3 is 6.18 Å². The third-order valence-electron chi connectivity index (χ3n) is 5.21. The van der Waals surface area contributed by atoms with E-state index in [0.717, 1.165) is 59.5 Å². The summed E-state index contributed by atoms with van der Waals surface area (Å²) in [6.07, 6.45) is -0.869. The summed E-state index contributed by atoms with van der Waals surface area (Å²) < 4.78 is 40.2. The number of thioether (sulfide) groups is 1. The number of carbonyl (C=O) groups is 1. The van der Waals surface area contributed by atoms with Crippen molar-refractivity contribution in [3.8, 4) is 17.3 Å². The normalized spacial score (nSPS) is 13.3. The van der Waals surface area contributed by atoms with Gasteiger partial charge in [-0.05, 0) is 44.2 Å². The summed E-state index contributed by atoms with van der Waals surface area (Å²) in [4.78, 5) is 21.5. The van der Waals surface area contributed by atoms with Crippen LogP contribution in [0.3, 0.4) is 0 Å². The molecule has 1 aliphatic carbocycles. The summed E-state index contributed by atoms with van der Waals surface area (Å²) in [5, 5.41) is 12.6. The highest BCUT2D eigenvalue weighted by molar-refractivity contribution is 7.99. The molecule has 0 radical (unpaired) electrons. The number of amides is 1. The van der Waals surface area contributed by atoms with Gasteiger partial charge in [-0.15, -0.1) is 11.3 Å². The fourth-order valence-corrected chi connectivity index (χ4v) is 5.49. The van der Waals surface area contributed by atoms with E-state index in [1.165, 1.54) is 11.3 Å². The van der Waals surface area contributed by atoms with E-state index in [4.69, 9.17) is 0 Å². The third-order valence-corrected chi connectivity index (χ3v) is 7.27. The van der Waals surface area contributed by atoms with Crippen molar-refractivity contribution >= 4 is 34.0 Å². The number of thiophene rings is 1. The molecule has 1 N–H and O–H groups in total. The minimum Gasteiger partial charge on any atom is -0.316 e. The Morgan fingerprint density at radius 3 is 2.64 bits per heavy atom. The lowest BCUT2D eigenvalue weighted by Crippen LogP contribution is -2.15. The summed E-state index contributed by atoms with van der Waals surface area (Å²) in [5.74, 6) is -0.602. The second-order valence-electron chi connectivity index (χ2n) is 7.65. The van der Waals surface area contributed by atoms with Crippen LogP contribution in [-0.2, 0) is 23.8 Å². The number of aromatic nitrogens is 2. The number of rotatable bonds is 5. The van der Waals surface area contributed by atoms with Crippen molar-refractivity contribution in [3.05, 3.63) is 57.6 Å². The van der Waals surface area contributed by atoms with Crippen LogP contribution in [0.2, 0.25) is 0 Å². The van der Waals surface area contributed by atoms with Gasteiger partial charge in [-0.3, -0.25) is 4.79 Å². The van der Waals surface area contributed by atoms with Crippen molar-refractivity contribution in [3.63, 3.8) is 0 Å². The van der Waals surface area contributed by atoms with Crippen LogP contribution in [0.15, 0.2) is 35.5 Å². The van der Waals surface area contributed by atoms with Crippen LogP contribution in [0, 0.1) is 18.3 Å². The molecule has 10 heteroatoms. The minimum atomic E-state index is -4.64. The van der Waals surface area contributed by atoms with Crippen LogP contribution in [0.1, 0.15) is 40.1 Å². The lowest BCUT2D eigenvalue weighted by molar-refractivity contribution is -0.141. The number of hydrogen-bond acceptors (Lipinski definition) is 6. The molecule has 2 aromatic heterocycles. The van der Waals surface area contributed by atoms with Gasteiger partial charge in [0.15, 0.2) is 5.16 Å². The monoisotopic (exact) mass is 488 g/mol. The second kappa shape index (κ2) is 9.53. The first kappa shape index (κ1) is 23.3. The Morgan fingerprint density at radius 2 is 1.94 bits per heavy atom. The summed E-state index contributed by atoms with van der Waals surface area (Å²) in [6.45, 7) is 1.88.